The van der Waals surface area contributed by atoms with E-state index in [0.29, 0.717) is 33.7 Å². The normalized spacial score (nSPS) is 14.8. The van der Waals surface area contributed by atoms with Gasteiger partial charge < -0.3 is 9.12 Å². The van der Waals surface area contributed by atoms with Crippen LogP contribution in [0.5, 0.6) is 0 Å². The lowest BCUT2D eigenvalue weighted by Crippen LogP contribution is -2.22. The second kappa shape index (κ2) is 8.38. The summed E-state index contributed by atoms with van der Waals surface area (Å²) in [5, 5.41) is 6.11. The molecular weight excluding hydrogens is 438 g/mol. The second-order valence-electron chi connectivity index (χ2n) is 7.49. The number of hydrazone groups is 1. The number of pyridine rings is 1. The average molecular weight is 457 g/mol. The highest BCUT2D eigenvalue weighted by Gasteiger charge is 2.26. The van der Waals surface area contributed by atoms with Gasteiger partial charge in [0.15, 0.2) is 0 Å². The molecule has 0 bridgehead atoms. The van der Waals surface area contributed by atoms with Gasteiger partial charge in [-0.2, -0.15) is 5.10 Å². The number of aryl methyl sites for hydroxylation is 1. The predicted molar refractivity (Wildman–Crippen MR) is 118 cm³/mol. The molecule has 1 aliphatic rings. The average Bonchev–Trinajstić information content (AvgIpc) is 2.83. The number of halogens is 2. The number of anilines is 1. The number of rotatable bonds is 4. The molecular formula is C22H19F2N4O3S-. The number of nitrogens with zero attached hydrogens (tertiary/aromatic N) is 3. The molecule has 2 aromatic carbocycles. The minimum atomic E-state index is -2.59. The Kier molecular flexibility index (Phi) is 5.76. The van der Waals surface area contributed by atoms with E-state index in [2.05, 4.69) is 9.82 Å². The van der Waals surface area contributed by atoms with Crippen molar-refractivity contribution >= 4 is 22.7 Å². The minimum absolute atomic E-state index is 0.135. The first kappa shape index (κ1) is 22.0. The molecule has 32 heavy (non-hydrogen) atoms. The van der Waals surface area contributed by atoms with Gasteiger partial charge in [-0.05, 0) is 48.9 Å². The van der Waals surface area contributed by atoms with Crippen LogP contribution in [0.3, 0.4) is 0 Å². The van der Waals surface area contributed by atoms with E-state index in [1.165, 1.54) is 52.9 Å². The minimum Gasteiger partial charge on any atom is -0.760 e. The molecule has 3 aromatic rings. The molecule has 2 heterocycles. The lowest BCUT2D eigenvalue weighted by molar-refractivity contribution is 0.506. The highest BCUT2D eigenvalue weighted by molar-refractivity contribution is 7.77. The van der Waals surface area contributed by atoms with Gasteiger partial charge in [0.2, 0.25) is 0 Å². The Bertz CT molecular complexity index is 1320. The van der Waals surface area contributed by atoms with Gasteiger partial charge >= 0.3 is 0 Å². The topological polar surface area (TPSA) is 89.8 Å². The van der Waals surface area contributed by atoms with E-state index in [4.69, 9.17) is 0 Å². The first-order valence-corrected chi connectivity index (χ1v) is 10.7. The molecule has 2 unspecified atom stereocenters. The predicted octanol–water partition coefficient (Wildman–Crippen LogP) is 2.98. The molecule has 2 atom stereocenters. The van der Waals surface area contributed by atoms with E-state index in [9.17, 15) is 17.9 Å². The number of benzene rings is 2. The van der Waals surface area contributed by atoms with Crippen molar-refractivity contribution in [3.05, 3.63) is 87.3 Å². The maximum atomic E-state index is 15.2. The highest BCUT2D eigenvalue weighted by Crippen LogP contribution is 2.38. The molecule has 0 saturated carbocycles. The maximum absolute atomic E-state index is 15.2. The van der Waals surface area contributed by atoms with Crippen LogP contribution in [0.25, 0.3) is 11.1 Å². The Hall–Kier alpha value is -3.21. The third kappa shape index (κ3) is 3.99. The van der Waals surface area contributed by atoms with Gasteiger partial charge in [0.25, 0.3) is 5.56 Å². The van der Waals surface area contributed by atoms with Gasteiger partial charge in [-0.25, -0.2) is 13.5 Å². The van der Waals surface area contributed by atoms with Crippen LogP contribution >= 0.6 is 0 Å². The van der Waals surface area contributed by atoms with E-state index < -0.39 is 28.9 Å². The maximum Gasteiger partial charge on any atom is 0.252 e. The quantitative estimate of drug-likeness (QED) is 0.610. The molecule has 7 nitrogen and oxygen atoms in total. The fraction of sp³-hybridized carbons (Fsp3) is 0.182. The van der Waals surface area contributed by atoms with Crippen LogP contribution in [0.2, 0.25) is 0 Å². The molecule has 4 rings (SSSR count). The summed E-state index contributed by atoms with van der Waals surface area (Å²) in [6.07, 6.45) is 1.63. The molecule has 1 aromatic heterocycles. The van der Waals surface area contributed by atoms with Crippen molar-refractivity contribution in [2.45, 2.75) is 13.0 Å². The summed E-state index contributed by atoms with van der Waals surface area (Å²) < 4.78 is 54.5. The van der Waals surface area contributed by atoms with Crippen molar-refractivity contribution < 1.29 is 17.5 Å². The second-order valence-corrected chi connectivity index (χ2v) is 8.20. The van der Waals surface area contributed by atoms with Gasteiger partial charge in [0, 0.05) is 65.9 Å². The molecule has 0 saturated heterocycles. The van der Waals surface area contributed by atoms with Crippen LogP contribution in [0.1, 0.15) is 29.7 Å². The third-order valence-corrected chi connectivity index (χ3v) is 5.89. The lowest BCUT2D eigenvalue weighted by atomic mass is 9.90. The Morgan fingerprint density at radius 3 is 2.41 bits per heavy atom. The summed E-state index contributed by atoms with van der Waals surface area (Å²) in [5.41, 5.74) is 2.92. The van der Waals surface area contributed by atoms with E-state index in [0.717, 1.165) is 0 Å². The molecule has 1 N–H and O–H groups in total. The lowest BCUT2D eigenvalue weighted by Gasteiger charge is -2.20. The molecule has 0 spiro atoms. The summed E-state index contributed by atoms with van der Waals surface area (Å²) >= 11 is -2.59. The largest absolute Gasteiger partial charge is 0.760 e. The molecule has 0 fully saturated rings. The molecule has 0 aliphatic carbocycles. The van der Waals surface area contributed by atoms with E-state index in [1.807, 2.05) is 0 Å². The summed E-state index contributed by atoms with van der Waals surface area (Å²) in [4.78, 5) is 12.3. The SMILES string of the molecule is CC(NS(=O)[O-])c1cc2c(cc1F)C(c1ccc(F)cc1)=NN(C)c1cc(=O)n(C)cc1-2. The van der Waals surface area contributed by atoms with Crippen molar-refractivity contribution in [1.82, 2.24) is 9.29 Å². The van der Waals surface area contributed by atoms with Crippen molar-refractivity contribution in [2.75, 3.05) is 12.1 Å². The zero-order valence-electron chi connectivity index (χ0n) is 17.4. The monoisotopic (exact) mass is 457 g/mol. The summed E-state index contributed by atoms with van der Waals surface area (Å²) in [7, 11) is 3.26. The fourth-order valence-electron chi connectivity index (χ4n) is 3.72. The Morgan fingerprint density at radius 2 is 1.75 bits per heavy atom. The van der Waals surface area contributed by atoms with E-state index in [-0.39, 0.29) is 11.1 Å². The zero-order chi connectivity index (χ0) is 23.2. The van der Waals surface area contributed by atoms with Gasteiger partial charge in [0.05, 0.1) is 11.4 Å². The molecule has 0 radical (unpaired) electrons. The van der Waals surface area contributed by atoms with Gasteiger partial charge in [-0.1, -0.05) is 0 Å². The first-order valence-electron chi connectivity index (χ1n) is 9.64. The first-order chi connectivity index (χ1) is 15.2. The standard InChI is InChI=1S/C22H20F2N4O3S/c1-12(26-32(30)31)15-8-16-17(9-19(15)24)22(13-4-6-14(23)7-5-13)25-28(3)20-10-21(29)27(2)11-18(16)20/h4-12,26H,1-3H3,(H,30,31)/p-1. The van der Waals surface area contributed by atoms with E-state index >= 15 is 4.39 Å². The van der Waals surface area contributed by atoms with Crippen LogP contribution in [0.15, 0.2) is 58.6 Å². The van der Waals surface area contributed by atoms with Gasteiger partial charge in [0.1, 0.15) is 11.6 Å². The number of hydrogen-bond acceptors (Lipinski definition) is 5. The van der Waals surface area contributed by atoms with Crippen LogP contribution in [0, 0.1) is 11.6 Å². The summed E-state index contributed by atoms with van der Waals surface area (Å²) in [6.45, 7) is 1.53. The Balaban J connectivity index is 2.03. The number of aromatic nitrogens is 1. The third-order valence-electron chi connectivity index (χ3n) is 5.34. The molecule has 166 valence electrons. The van der Waals surface area contributed by atoms with Gasteiger partial charge in [-0.3, -0.25) is 14.0 Å². The Labute approximate surface area is 185 Å². The Morgan fingerprint density at radius 1 is 1.06 bits per heavy atom. The van der Waals surface area contributed by atoms with Crippen molar-refractivity contribution in [3.63, 3.8) is 0 Å². The van der Waals surface area contributed by atoms with Crippen molar-refractivity contribution in [1.29, 1.82) is 0 Å². The fourth-order valence-corrected chi connectivity index (χ4v) is 4.14. The highest BCUT2D eigenvalue weighted by atomic mass is 32.2. The van der Waals surface area contributed by atoms with Crippen LogP contribution in [0.4, 0.5) is 14.5 Å². The van der Waals surface area contributed by atoms with Crippen LogP contribution in [-0.4, -0.2) is 26.1 Å². The molecule has 10 heteroatoms. The molecule has 1 aliphatic heterocycles. The smallest absolute Gasteiger partial charge is 0.252 e. The van der Waals surface area contributed by atoms with Crippen LogP contribution < -0.4 is 15.3 Å². The van der Waals surface area contributed by atoms with Crippen LogP contribution in [-0.2, 0) is 18.3 Å². The van der Waals surface area contributed by atoms with Crippen molar-refractivity contribution in [2.24, 2.45) is 12.1 Å². The van der Waals surface area contributed by atoms with E-state index in [1.54, 1.807) is 26.4 Å². The summed E-state index contributed by atoms with van der Waals surface area (Å²) in [6, 6.07) is 9.07. The number of fused-ring (bicyclic) bond motifs is 3. The number of hydrogen-bond donors (Lipinski definition) is 1. The number of nitrogens with one attached hydrogen (secondary N) is 1. The zero-order valence-corrected chi connectivity index (χ0v) is 18.2. The summed E-state index contributed by atoms with van der Waals surface area (Å²) in [5.74, 6) is -1.05. The van der Waals surface area contributed by atoms with Gasteiger partial charge in [-0.15, -0.1) is 0 Å². The molecule has 0 amide bonds. The van der Waals surface area contributed by atoms with Crippen molar-refractivity contribution in [3.8, 4) is 11.1 Å².